The van der Waals surface area contributed by atoms with E-state index in [9.17, 15) is 14.7 Å². The Labute approximate surface area is 191 Å². The molecule has 1 aliphatic rings. The highest BCUT2D eigenvalue weighted by Crippen LogP contribution is 2.31. The number of hydrogen-bond donors (Lipinski definition) is 1. The van der Waals surface area contributed by atoms with Gasteiger partial charge in [-0.25, -0.2) is 0 Å². The fraction of sp³-hybridized carbons (Fsp3) is 0.926. The van der Waals surface area contributed by atoms with Crippen LogP contribution in [0, 0.1) is 17.8 Å². The van der Waals surface area contributed by atoms with Gasteiger partial charge in [-0.3, -0.25) is 9.59 Å². The number of carbonyl (C=O) groups is 2. The van der Waals surface area contributed by atoms with Crippen LogP contribution >= 0.6 is 0 Å². The van der Waals surface area contributed by atoms with Gasteiger partial charge in [0.2, 0.25) is 0 Å². The molecule has 0 heterocycles. The van der Waals surface area contributed by atoms with Gasteiger partial charge in [-0.2, -0.15) is 0 Å². The van der Waals surface area contributed by atoms with Crippen molar-refractivity contribution in [3.8, 4) is 0 Å². The number of rotatable bonds is 18. The second-order valence-electron chi connectivity index (χ2n) is 10.3. The summed E-state index contributed by atoms with van der Waals surface area (Å²) in [4.78, 5) is 23.8. The van der Waals surface area contributed by atoms with Crippen LogP contribution in [0.25, 0.3) is 0 Å². The lowest BCUT2D eigenvalue weighted by molar-refractivity contribution is -0.163. The van der Waals surface area contributed by atoms with E-state index >= 15 is 0 Å². The van der Waals surface area contributed by atoms with Gasteiger partial charge in [-0.15, -0.1) is 0 Å². The molecule has 31 heavy (non-hydrogen) atoms. The Balaban J connectivity index is 1.94. The van der Waals surface area contributed by atoms with Gasteiger partial charge in [0, 0.05) is 0 Å². The number of aliphatic carboxylic acids is 1. The Bertz CT molecular complexity index is 474. The lowest BCUT2D eigenvalue weighted by atomic mass is 9.79. The molecule has 1 rings (SSSR count). The van der Waals surface area contributed by atoms with Crippen molar-refractivity contribution in [1.82, 2.24) is 0 Å². The molecule has 1 aliphatic carbocycles. The predicted octanol–water partition coefficient (Wildman–Crippen LogP) is 7.93. The Kier molecular flexibility index (Phi) is 15.8. The van der Waals surface area contributed by atoms with Crippen LogP contribution in [-0.4, -0.2) is 23.1 Å². The van der Waals surface area contributed by atoms with Gasteiger partial charge in [-0.1, -0.05) is 104 Å². The lowest BCUT2D eigenvalue weighted by Crippen LogP contribution is -2.35. The highest BCUT2D eigenvalue weighted by molar-refractivity contribution is 5.81. The van der Waals surface area contributed by atoms with Gasteiger partial charge < -0.3 is 9.84 Å². The Morgan fingerprint density at radius 1 is 0.710 bits per heavy atom. The van der Waals surface area contributed by atoms with Crippen LogP contribution in [0.1, 0.15) is 136 Å². The minimum absolute atomic E-state index is 0.107. The molecule has 0 aromatic carbocycles. The average molecular weight is 439 g/mol. The van der Waals surface area contributed by atoms with E-state index in [1.54, 1.807) is 0 Å². The molecule has 1 fully saturated rings. The van der Waals surface area contributed by atoms with Crippen LogP contribution in [0.5, 0.6) is 0 Å². The molecule has 182 valence electrons. The molecule has 1 saturated carbocycles. The predicted molar refractivity (Wildman–Crippen MR) is 128 cm³/mol. The number of unbranched alkanes of at least 4 members (excludes halogenated alkanes) is 11. The fourth-order valence-corrected chi connectivity index (χ4v) is 4.81. The van der Waals surface area contributed by atoms with E-state index in [2.05, 4.69) is 13.8 Å². The van der Waals surface area contributed by atoms with Crippen molar-refractivity contribution in [3.63, 3.8) is 0 Å². The van der Waals surface area contributed by atoms with E-state index in [1.807, 2.05) is 6.92 Å². The van der Waals surface area contributed by atoms with Crippen LogP contribution in [-0.2, 0) is 14.3 Å². The first-order valence-corrected chi connectivity index (χ1v) is 13.3. The summed E-state index contributed by atoms with van der Waals surface area (Å²) in [5.74, 6) is -1.30. The average Bonchev–Trinajstić information content (AvgIpc) is 2.73. The van der Waals surface area contributed by atoms with Gasteiger partial charge >= 0.3 is 11.9 Å². The number of esters is 1. The number of carbonyl (C=O) groups excluding carboxylic acids is 1. The van der Waals surface area contributed by atoms with Crippen LogP contribution in [0.2, 0.25) is 0 Å². The third-order valence-corrected chi connectivity index (χ3v) is 6.85. The first kappa shape index (κ1) is 28.0. The lowest BCUT2D eigenvalue weighted by Gasteiger charge is -2.28. The fourth-order valence-electron chi connectivity index (χ4n) is 4.81. The van der Waals surface area contributed by atoms with E-state index in [-0.39, 0.29) is 12.1 Å². The summed E-state index contributed by atoms with van der Waals surface area (Å²) in [5.41, 5.74) is 0. The van der Waals surface area contributed by atoms with E-state index in [1.165, 1.54) is 77.0 Å². The standard InChI is InChI=1S/C27H50O4/c1-22(2)18-14-12-10-8-6-4-5-7-9-11-13-15-19-23(3)31-27(30)25-21-17-16-20-24(25)26(28)29/h22-25H,4-21H2,1-3H3,(H,28,29). The zero-order valence-electron chi connectivity index (χ0n) is 20.7. The van der Waals surface area contributed by atoms with Crippen molar-refractivity contribution in [2.45, 2.75) is 142 Å². The second-order valence-corrected chi connectivity index (χ2v) is 10.3. The van der Waals surface area contributed by atoms with E-state index in [4.69, 9.17) is 4.74 Å². The highest BCUT2D eigenvalue weighted by Gasteiger charge is 2.37. The first-order valence-electron chi connectivity index (χ1n) is 13.3. The maximum absolute atomic E-state index is 12.4. The van der Waals surface area contributed by atoms with Crippen molar-refractivity contribution in [2.75, 3.05) is 0 Å². The van der Waals surface area contributed by atoms with Gasteiger partial charge in [-0.05, 0) is 38.5 Å². The molecular weight excluding hydrogens is 388 g/mol. The van der Waals surface area contributed by atoms with Crippen LogP contribution in [0.3, 0.4) is 0 Å². The molecule has 0 aromatic rings. The second kappa shape index (κ2) is 17.5. The molecule has 0 spiro atoms. The summed E-state index contributed by atoms with van der Waals surface area (Å²) >= 11 is 0. The van der Waals surface area contributed by atoms with Crippen molar-refractivity contribution in [2.24, 2.45) is 17.8 Å². The monoisotopic (exact) mass is 438 g/mol. The quantitative estimate of drug-likeness (QED) is 0.174. The highest BCUT2D eigenvalue weighted by atomic mass is 16.5. The number of ether oxygens (including phenoxy) is 1. The normalized spacial score (nSPS) is 20.0. The van der Waals surface area contributed by atoms with Crippen molar-refractivity contribution >= 4 is 11.9 Å². The maximum atomic E-state index is 12.4. The Hall–Kier alpha value is -1.06. The number of hydrogen-bond acceptors (Lipinski definition) is 3. The maximum Gasteiger partial charge on any atom is 0.310 e. The minimum atomic E-state index is -0.851. The SMILES string of the molecule is CC(C)CCCCCCCCCCCCCCC(C)OC(=O)C1CCCCC1C(=O)O. The molecular formula is C27H50O4. The largest absolute Gasteiger partial charge is 0.481 e. The van der Waals surface area contributed by atoms with Gasteiger partial charge in [0.1, 0.15) is 0 Å². The molecule has 3 atom stereocenters. The summed E-state index contributed by atoms with van der Waals surface area (Å²) in [5, 5.41) is 9.34. The van der Waals surface area contributed by atoms with E-state index in [0.29, 0.717) is 12.8 Å². The molecule has 1 N–H and O–H groups in total. The van der Waals surface area contributed by atoms with Gasteiger partial charge in [0.25, 0.3) is 0 Å². The zero-order chi connectivity index (χ0) is 22.9. The first-order chi connectivity index (χ1) is 14.9. The molecule has 3 unspecified atom stereocenters. The molecule has 0 aromatic heterocycles. The molecule has 0 amide bonds. The summed E-state index contributed by atoms with van der Waals surface area (Å²) in [6.45, 7) is 6.57. The molecule has 0 radical (unpaired) electrons. The van der Waals surface area contributed by atoms with E-state index in [0.717, 1.165) is 31.6 Å². The smallest absolute Gasteiger partial charge is 0.310 e. The summed E-state index contributed by atoms with van der Waals surface area (Å²) in [6, 6.07) is 0. The van der Waals surface area contributed by atoms with Gasteiger partial charge in [0.05, 0.1) is 17.9 Å². The van der Waals surface area contributed by atoms with Crippen molar-refractivity contribution in [1.29, 1.82) is 0 Å². The van der Waals surface area contributed by atoms with Crippen molar-refractivity contribution in [3.05, 3.63) is 0 Å². The zero-order valence-corrected chi connectivity index (χ0v) is 20.7. The van der Waals surface area contributed by atoms with Gasteiger partial charge in [0.15, 0.2) is 0 Å². The van der Waals surface area contributed by atoms with Crippen LogP contribution in [0.15, 0.2) is 0 Å². The van der Waals surface area contributed by atoms with E-state index < -0.39 is 17.8 Å². The van der Waals surface area contributed by atoms with Crippen LogP contribution in [0.4, 0.5) is 0 Å². The molecule has 4 nitrogen and oxygen atoms in total. The molecule has 0 bridgehead atoms. The molecule has 0 aliphatic heterocycles. The third kappa shape index (κ3) is 13.9. The molecule has 4 heteroatoms. The summed E-state index contributed by atoms with van der Waals surface area (Å²) in [7, 11) is 0. The number of carboxylic acids is 1. The Morgan fingerprint density at radius 3 is 1.58 bits per heavy atom. The van der Waals surface area contributed by atoms with Crippen LogP contribution < -0.4 is 0 Å². The molecule has 0 saturated heterocycles. The Morgan fingerprint density at radius 2 is 1.13 bits per heavy atom. The number of carboxylic acid groups (broad SMARTS) is 1. The summed E-state index contributed by atoms with van der Waals surface area (Å²) in [6.07, 6.45) is 21.2. The third-order valence-electron chi connectivity index (χ3n) is 6.85. The topological polar surface area (TPSA) is 63.6 Å². The summed E-state index contributed by atoms with van der Waals surface area (Å²) < 4.78 is 5.59. The minimum Gasteiger partial charge on any atom is -0.481 e. The van der Waals surface area contributed by atoms with Crippen molar-refractivity contribution < 1.29 is 19.4 Å².